The smallest absolute Gasteiger partial charge is 1.00 e. The molecule has 78 valence electrons. The monoisotopic (exact) mass is 230 g/mol. The summed E-state index contributed by atoms with van der Waals surface area (Å²) in [6, 6.07) is 8.71. The maximum atomic E-state index is 8.63. The second kappa shape index (κ2) is 17.3. The van der Waals surface area contributed by atoms with Gasteiger partial charge in [0, 0.05) is 0 Å². The van der Waals surface area contributed by atoms with Gasteiger partial charge in [0.05, 0.1) is 0 Å². The van der Waals surface area contributed by atoms with E-state index in [2.05, 4.69) is 0 Å². The molecule has 3 nitrogen and oxygen atoms in total. The van der Waals surface area contributed by atoms with Crippen molar-refractivity contribution in [2.24, 2.45) is 11.5 Å². The van der Waals surface area contributed by atoms with Crippen molar-refractivity contribution < 1.29 is 67.1 Å². The van der Waals surface area contributed by atoms with E-state index in [0.29, 0.717) is 5.75 Å². The Bertz CT molecular complexity index is 203. The van der Waals surface area contributed by atoms with Gasteiger partial charge in [0.2, 0.25) is 0 Å². The predicted molar refractivity (Wildman–Crippen MR) is 57.7 cm³/mol. The molecule has 0 spiro atoms. The van der Waals surface area contributed by atoms with Crippen LogP contribution in [0, 0.1) is 0 Å². The molecule has 0 aromatic heterocycles. The molecule has 5 N–H and O–H groups in total. The van der Waals surface area contributed by atoms with Crippen molar-refractivity contribution in [2.75, 3.05) is 13.1 Å². The minimum Gasteiger partial charge on any atom is -1.00 e. The van der Waals surface area contributed by atoms with Gasteiger partial charge in [0.1, 0.15) is 5.75 Å². The van der Waals surface area contributed by atoms with Crippen LogP contribution in [0.1, 0.15) is 15.7 Å². The molecular weight excluding hydrogens is 210 g/mol. The Hall–Kier alpha value is 0.940. The number of rotatable bonds is 3. The Labute approximate surface area is 139 Å². The molecule has 0 bridgehead atoms. The standard InChI is InChI=1S/C6H6O.C4H12N2.2Na.2H/c7-6-4-2-1-3-5-6;5-3-1-2-4-6;;;;/h1-5,7H;1-6H2;;;;/q;;2*+1;2*-1. The Morgan fingerprint density at radius 1 is 0.933 bits per heavy atom. The number of unbranched alkanes of at least 4 members (excludes halogenated alkanes) is 1. The van der Waals surface area contributed by atoms with Gasteiger partial charge < -0.3 is 19.4 Å². The number of aromatic hydroxyl groups is 1. The van der Waals surface area contributed by atoms with Gasteiger partial charge in [0.25, 0.3) is 0 Å². The van der Waals surface area contributed by atoms with Crippen LogP contribution in [0.15, 0.2) is 30.3 Å². The fraction of sp³-hybridized carbons (Fsp3) is 0.400. The van der Waals surface area contributed by atoms with Crippen LogP contribution >= 0.6 is 0 Å². The Morgan fingerprint density at radius 3 is 1.53 bits per heavy atom. The molecule has 0 atom stereocenters. The van der Waals surface area contributed by atoms with Crippen molar-refractivity contribution in [1.82, 2.24) is 0 Å². The van der Waals surface area contributed by atoms with Crippen molar-refractivity contribution >= 4 is 0 Å². The van der Waals surface area contributed by atoms with Gasteiger partial charge in [-0.05, 0) is 38.1 Å². The third-order valence-corrected chi connectivity index (χ3v) is 1.41. The van der Waals surface area contributed by atoms with Gasteiger partial charge in [-0.2, -0.15) is 0 Å². The zero-order chi connectivity index (χ0) is 9.94. The van der Waals surface area contributed by atoms with E-state index in [-0.39, 0.29) is 62.0 Å². The first-order valence-corrected chi connectivity index (χ1v) is 4.45. The molecule has 0 aliphatic rings. The fourth-order valence-corrected chi connectivity index (χ4v) is 0.717. The normalized spacial score (nSPS) is 7.60. The molecule has 0 aliphatic heterocycles. The Morgan fingerprint density at radius 2 is 1.33 bits per heavy atom. The molecule has 0 heterocycles. The average Bonchev–Trinajstić information content (AvgIpc) is 2.17. The third kappa shape index (κ3) is 17.5. The molecule has 0 unspecified atom stereocenters. The van der Waals surface area contributed by atoms with Crippen LogP contribution in [-0.4, -0.2) is 18.2 Å². The van der Waals surface area contributed by atoms with Gasteiger partial charge in [-0.1, -0.05) is 18.2 Å². The molecule has 5 heteroatoms. The van der Waals surface area contributed by atoms with Gasteiger partial charge in [-0.25, -0.2) is 0 Å². The molecule has 0 aliphatic carbocycles. The van der Waals surface area contributed by atoms with Crippen LogP contribution < -0.4 is 70.6 Å². The van der Waals surface area contributed by atoms with Crippen molar-refractivity contribution in [2.45, 2.75) is 12.8 Å². The molecule has 0 amide bonds. The quantitative estimate of drug-likeness (QED) is 0.361. The first-order valence-electron chi connectivity index (χ1n) is 4.45. The summed E-state index contributed by atoms with van der Waals surface area (Å²) >= 11 is 0. The summed E-state index contributed by atoms with van der Waals surface area (Å²) < 4.78 is 0. The number of phenols is 1. The second-order valence-electron chi connectivity index (χ2n) is 2.62. The molecule has 15 heavy (non-hydrogen) atoms. The zero-order valence-corrected chi connectivity index (χ0v) is 13.8. The SMILES string of the molecule is NCCCCN.Oc1ccccc1.[H-].[H-].[Na+].[Na+]. The molecular formula is C10H20N2Na2O. The summed E-state index contributed by atoms with van der Waals surface area (Å²) in [5.74, 6) is 0.322. The first-order chi connectivity index (χ1) is 6.31. The minimum atomic E-state index is 0. The summed E-state index contributed by atoms with van der Waals surface area (Å²) in [6.45, 7) is 1.55. The van der Waals surface area contributed by atoms with E-state index in [1.165, 1.54) is 0 Å². The van der Waals surface area contributed by atoms with Gasteiger partial charge in [-0.15, -0.1) is 0 Å². The van der Waals surface area contributed by atoms with E-state index in [4.69, 9.17) is 16.6 Å². The van der Waals surface area contributed by atoms with Crippen molar-refractivity contribution in [3.8, 4) is 5.75 Å². The Balaban J connectivity index is -0.0000000462. The third-order valence-electron chi connectivity index (χ3n) is 1.41. The molecule has 1 rings (SSSR count). The molecule has 0 fully saturated rings. The topological polar surface area (TPSA) is 72.3 Å². The summed E-state index contributed by atoms with van der Waals surface area (Å²) in [5.41, 5.74) is 10.3. The number of phenolic OH excluding ortho intramolecular Hbond substituents is 1. The predicted octanol–water partition coefficient (Wildman–Crippen LogP) is -4.69. The molecule has 0 saturated heterocycles. The fourth-order valence-electron chi connectivity index (χ4n) is 0.717. The van der Waals surface area contributed by atoms with Gasteiger partial charge >= 0.3 is 59.1 Å². The van der Waals surface area contributed by atoms with E-state index in [9.17, 15) is 0 Å². The van der Waals surface area contributed by atoms with Crippen molar-refractivity contribution in [3.63, 3.8) is 0 Å². The van der Waals surface area contributed by atoms with E-state index in [1.54, 1.807) is 24.3 Å². The summed E-state index contributed by atoms with van der Waals surface area (Å²) in [4.78, 5) is 0. The van der Waals surface area contributed by atoms with Crippen LogP contribution in [0.4, 0.5) is 0 Å². The second-order valence-corrected chi connectivity index (χ2v) is 2.62. The number of hydrogen-bond donors (Lipinski definition) is 3. The summed E-state index contributed by atoms with van der Waals surface area (Å²) in [7, 11) is 0. The number of nitrogens with two attached hydrogens (primary N) is 2. The van der Waals surface area contributed by atoms with Crippen LogP contribution in [0.2, 0.25) is 0 Å². The number of benzene rings is 1. The minimum absolute atomic E-state index is 0. The summed E-state index contributed by atoms with van der Waals surface area (Å²) in [6.07, 6.45) is 2.13. The molecule has 1 aromatic carbocycles. The Kier molecular flexibility index (Phi) is 24.6. The molecule has 0 saturated carbocycles. The van der Waals surface area contributed by atoms with Crippen molar-refractivity contribution in [1.29, 1.82) is 0 Å². The van der Waals surface area contributed by atoms with Gasteiger partial charge in [-0.3, -0.25) is 0 Å². The first kappa shape index (κ1) is 21.2. The van der Waals surface area contributed by atoms with E-state index >= 15 is 0 Å². The zero-order valence-electron chi connectivity index (χ0n) is 11.8. The molecule has 1 aromatic rings. The number of hydrogen-bond acceptors (Lipinski definition) is 3. The summed E-state index contributed by atoms with van der Waals surface area (Å²) in [5, 5.41) is 8.63. The maximum Gasteiger partial charge on any atom is 1.00 e. The van der Waals surface area contributed by atoms with E-state index in [0.717, 1.165) is 25.9 Å². The average molecular weight is 230 g/mol. The molecule has 0 radical (unpaired) electrons. The van der Waals surface area contributed by atoms with E-state index < -0.39 is 0 Å². The number of para-hydroxylation sites is 1. The van der Waals surface area contributed by atoms with Crippen LogP contribution in [0.25, 0.3) is 0 Å². The largest absolute Gasteiger partial charge is 1.00 e. The van der Waals surface area contributed by atoms with Crippen LogP contribution in [-0.2, 0) is 0 Å². The van der Waals surface area contributed by atoms with Gasteiger partial charge in [0.15, 0.2) is 0 Å². The van der Waals surface area contributed by atoms with E-state index in [1.807, 2.05) is 6.07 Å². The van der Waals surface area contributed by atoms with Crippen molar-refractivity contribution in [3.05, 3.63) is 30.3 Å². The van der Waals surface area contributed by atoms with Crippen LogP contribution in [0.5, 0.6) is 5.75 Å². The maximum absolute atomic E-state index is 8.63. The van der Waals surface area contributed by atoms with Crippen LogP contribution in [0.3, 0.4) is 0 Å².